The second-order valence-electron chi connectivity index (χ2n) is 7.20. The molecule has 2 aromatic heterocycles. The Hall–Kier alpha value is -2.99. The minimum Gasteiger partial charge on any atom is -0.484 e. The molecule has 2 fully saturated rings. The van der Waals surface area contributed by atoms with Crippen molar-refractivity contribution in [1.82, 2.24) is 19.9 Å². The number of fused-ring (bicyclic) bond motifs is 1. The number of nitriles is 1. The zero-order valence-corrected chi connectivity index (χ0v) is 15.3. The minimum absolute atomic E-state index is 0.305. The van der Waals surface area contributed by atoms with Crippen LogP contribution >= 0.6 is 0 Å². The summed E-state index contributed by atoms with van der Waals surface area (Å²) in [5.41, 5.74) is 0.408. The third-order valence-corrected chi connectivity index (χ3v) is 5.61. The van der Waals surface area contributed by atoms with E-state index in [1.54, 1.807) is 6.20 Å². The summed E-state index contributed by atoms with van der Waals surface area (Å²) in [4.78, 5) is 17.3. The zero-order chi connectivity index (χ0) is 19.1. The molecule has 1 saturated heterocycles. The fourth-order valence-corrected chi connectivity index (χ4v) is 4.01. The van der Waals surface area contributed by atoms with Crippen LogP contribution in [0.4, 0.5) is 10.2 Å². The smallest absolute Gasteiger partial charge is 0.257 e. The molecule has 0 atom stereocenters. The molecule has 0 bridgehead atoms. The number of rotatable bonds is 3. The van der Waals surface area contributed by atoms with Crippen LogP contribution in [0.3, 0.4) is 0 Å². The van der Waals surface area contributed by atoms with Gasteiger partial charge in [-0.3, -0.25) is 4.90 Å². The average molecular weight is 382 g/mol. The fraction of sp³-hybridized carbons (Fsp3) is 0.474. The SMILES string of the molecule is N#Cc1cnc(N2CCN(C3(c4nc5c(cc4F)OCCO5)CC3)CC2)cn1. The van der Waals surface area contributed by atoms with Gasteiger partial charge in [-0.15, -0.1) is 0 Å². The van der Waals surface area contributed by atoms with Crippen LogP contribution in [-0.4, -0.2) is 59.2 Å². The lowest BCUT2D eigenvalue weighted by molar-refractivity contribution is 0.145. The molecule has 5 rings (SSSR count). The van der Waals surface area contributed by atoms with Crippen molar-refractivity contribution in [3.05, 3.63) is 35.7 Å². The number of pyridine rings is 1. The van der Waals surface area contributed by atoms with E-state index in [9.17, 15) is 4.39 Å². The van der Waals surface area contributed by atoms with E-state index in [0.29, 0.717) is 36.2 Å². The molecule has 1 saturated carbocycles. The molecule has 2 aliphatic heterocycles. The van der Waals surface area contributed by atoms with Crippen molar-refractivity contribution in [2.75, 3.05) is 44.3 Å². The first kappa shape index (κ1) is 17.1. The summed E-state index contributed by atoms with van der Waals surface area (Å²) in [6.45, 7) is 3.92. The van der Waals surface area contributed by atoms with Crippen LogP contribution in [-0.2, 0) is 5.54 Å². The molecule has 0 unspecified atom stereocenters. The number of anilines is 1. The quantitative estimate of drug-likeness (QED) is 0.789. The van der Waals surface area contributed by atoms with Crippen molar-refractivity contribution in [2.45, 2.75) is 18.4 Å². The third kappa shape index (κ3) is 2.81. The fourth-order valence-electron chi connectivity index (χ4n) is 4.01. The largest absolute Gasteiger partial charge is 0.484 e. The van der Waals surface area contributed by atoms with Gasteiger partial charge in [0.2, 0.25) is 0 Å². The van der Waals surface area contributed by atoms with E-state index in [1.165, 1.54) is 12.3 Å². The summed E-state index contributed by atoms with van der Waals surface area (Å²) < 4.78 is 25.8. The van der Waals surface area contributed by atoms with Gasteiger partial charge in [0.25, 0.3) is 5.88 Å². The maximum Gasteiger partial charge on any atom is 0.257 e. The van der Waals surface area contributed by atoms with Crippen molar-refractivity contribution in [3.8, 4) is 17.7 Å². The molecule has 9 heteroatoms. The van der Waals surface area contributed by atoms with E-state index in [0.717, 1.165) is 44.8 Å². The van der Waals surface area contributed by atoms with E-state index >= 15 is 0 Å². The lowest BCUT2D eigenvalue weighted by Crippen LogP contribution is -2.51. The van der Waals surface area contributed by atoms with Gasteiger partial charge in [0.1, 0.15) is 30.8 Å². The van der Waals surface area contributed by atoms with Gasteiger partial charge in [-0.05, 0) is 12.8 Å². The van der Waals surface area contributed by atoms with E-state index in [-0.39, 0.29) is 11.4 Å². The second-order valence-corrected chi connectivity index (χ2v) is 7.20. The highest BCUT2D eigenvalue weighted by molar-refractivity contribution is 5.41. The molecule has 0 aromatic carbocycles. The standard InChI is InChI=1S/C19H19FN6O2/c20-14-9-15-18(28-8-7-27-15)24-17(14)19(1-2-19)26-5-3-25(4-6-26)16-12-22-13(10-21)11-23-16/h9,11-12H,1-8H2. The molecule has 0 spiro atoms. The second kappa shape index (κ2) is 6.56. The van der Waals surface area contributed by atoms with E-state index < -0.39 is 0 Å². The molecule has 144 valence electrons. The van der Waals surface area contributed by atoms with Crippen molar-refractivity contribution < 1.29 is 13.9 Å². The number of ether oxygens (including phenoxy) is 2. The van der Waals surface area contributed by atoms with Gasteiger partial charge in [0.05, 0.1) is 17.9 Å². The topological polar surface area (TPSA) is 87.4 Å². The number of piperazine rings is 1. The number of nitrogens with zero attached hydrogens (tertiary/aromatic N) is 6. The average Bonchev–Trinajstić information content (AvgIpc) is 3.55. The Kier molecular flexibility index (Phi) is 4.02. The summed E-state index contributed by atoms with van der Waals surface area (Å²) in [5.74, 6) is 1.20. The molecule has 28 heavy (non-hydrogen) atoms. The molecule has 2 aromatic rings. The first-order chi connectivity index (χ1) is 13.7. The Bertz CT molecular complexity index is 933. The first-order valence-corrected chi connectivity index (χ1v) is 9.38. The highest BCUT2D eigenvalue weighted by atomic mass is 19.1. The summed E-state index contributed by atoms with van der Waals surface area (Å²) in [5, 5.41) is 8.85. The predicted molar refractivity (Wildman–Crippen MR) is 96.6 cm³/mol. The summed E-state index contributed by atoms with van der Waals surface area (Å²) in [7, 11) is 0. The Labute approximate surface area is 161 Å². The molecule has 0 N–H and O–H groups in total. The van der Waals surface area contributed by atoms with Crippen molar-refractivity contribution in [1.29, 1.82) is 5.26 Å². The molecule has 4 heterocycles. The van der Waals surface area contributed by atoms with Crippen LogP contribution < -0.4 is 14.4 Å². The summed E-state index contributed by atoms with van der Waals surface area (Å²) in [6.07, 6.45) is 4.88. The van der Waals surface area contributed by atoms with E-state index in [1.807, 2.05) is 6.07 Å². The normalized spacial score (nSPS) is 20.5. The summed E-state index contributed by atoms with van der Waals surface area (Å²) >= 11 is 0. The van der Waals surface area contributed by atoms with Crippen LogP contribution in [0.2, 0.25) is 0 Å². The maximum absolute atomic E-state index is 14.8. The van der Waals surface area contributed by atoms with Gasteiger partial charge < -0.3 is 14.4 Å². The zero-order valence-electron chi connectivity index (χ0n) is 15.3. The lowest BCUT2D eigenvalue weighted by Gasteiger charge is -2.40. The minimum atomic E-state index is -0.359. The third-order valence-electron chi connectivity index (χ3n) is 5.61. The molecular formula is C19H19FN6O2. The van der Waals surface area contributed by atoms with Gasteiger partial charge >= 0.3 is 0 Å². The van der Waals surface area contributed by atoms with Crippen molar-refractivity contribution in [2.24, 2.45) is 0 Å². The molecule has 0 amide bonds. The van der Waals surface area contributed by atoms with Gasteiger partial charge in [-0.2, -0.15) is 5.26 Å². The molecular weight excluding hydrogens is 363 g/mol. The van der Waals surface area contributed by atoms with Crippen LogP contribution in [0.5, 0.6) is 11.6 Å². The van der Waals surface area contributed by atoms with Gasteiger partial charge in [-0.1, -0.05) is 0 Å². The Morgan fingerprint density at radius 3 is 2.54 bits per heavy atom. The number of halogens is 1. The Morgan fingerprint density at radius 2 is 1.86 bits per heavy atom. The maximum atomic E-state index is 14.8. The monoisotopic (exact) mass is 382 g/mol. The van der Waals surface area contributed by atoms with Crippen LogP contribution in [0, 0.1) is 17.1 Å². The predicted octanol–water partition coefficient (Wildman–Crippen LogP) is 1.46. The molecule has 8 nitrogen and oxygen atoms in total. The van der Waals surface area contributed by atoms with Gasteiger partial charge in [0.15, 0.2) is 17.3 Å². The molecule has 1 aliphatic carbocycles. The highest BCUT2D eigenvalue weighted by Crippen LogP contribution is 2.52. The Balaban J connectivity index is 1.33. The van der Waals surface area contributed by atoms with Gasteiger partial charge in [-0.25, -0.2) is 19.3 Å². The van der Waals surface area contributed by atoms with E-state index in [2.05, 4.69) is 24.8 Å². The van der Waals surface area contributed by atoms with Crippen molar-refractivity contribution >= 4 is 5.82 Å². The number of hydrogen-bond acceptors (Lipinski definition) is 8. The number of aromatic nitrogens is 3. The van der Waals surface area contributed by atoms with Crippen LogP contribution in [0.25, 0.3) is 0 Å². The van der Waals surface area contributed by atoms with Crippen LogP contribution in [0.15, 0.2) is 18.5 Å². The van der Waals surface area contributed by atoms with Crippen LogP contribution in [0.1, 0.15) is 24.2 Å². The summed E-state index contributed by atoms with van der Waals surface area (Å²) in [6, 6.07) is 3.38. The molecule has 3 aliphatic rings. The lowest BCUT2D eigenvalue weighted by atomic mass is 10.1. The highest BCUT2D eigenvalue weighted by Gasteiger charge is 2.53. The molecule has 0 radical (unpaired) electrons. The van der Waals surface area contributed by atoms with Gasteiger partial charge in [0, 0.05) is 32.2 Å². The first-order valence-electron chi connectivity index (χ1n) is 9.38. The van der Waals surface area contributed by atoms with E-state index in [4.69, 9.17) is 14.7 Å². The Morgan fingerprint density at radius 1 is 1.07 bits per heavy atom. The van der Waals surface area contributed by atoms with Crippen molar-refractivity contribution in [3.63, 3.8) is 0 Å². The number of hydrogen-bond donors (Lipinski definition) is 0.